The normalized spacial score (nSPS) is 10.2. The molecule has 0 unspecified atom stereocenters. The summed E-state index contributed by atoms with van der Waals surface area (Å²) >= 11 is 0. The van der Waals surface area contributed by atoms with E-state index in [9.17, 15) is 13.6 Å². The Morgan fingerprint density at radius 2 is 1.90 bits per heavy atom. The number of carbonyl (C=O) groups excluding carboxylic acids is 1. The first-order valence-electron chi connectivity index (χ1n) is 6.06. The van der Waals surface area contributed by atoms with Crippen molar-refractivity contribution in [2.75, 3.05) is 12.8 Å². The van der Waals surface area contributed by atoms with Gasteiger partial charge in [0.05, 0.1) is 7.11 Å². The molecule has 0 bridgehead atoms. The van der Waals surface area contributed by atoms with E-state index < -0.39 is 17.6 Å². The number of methoxy groups -OCH3 is 1. The van der Waals surface area contributed by atoms with Crippen LogP contribution in [-0.4, -0.2) is 13.1 Å². The highest BCUT2D eigenvalue weighted by molar-refractivity contribution is 5.93. The van der Waals surface area contributed by atoms with Crippen LogP contribution < -0.4 is 10.5 Å². The van der Waals surface area contributed by atoms with Crippen LogP contribution in [0.25, 0.3) is 0 Å². The van der Waals surface area contributed by atoms with Crippen molar-refractivity contribution in [2.45, 2.75) is 6.61 Å². The highest BCUT2D eigenvalue weighted by atomic mass is 19.2. The maximum absolute atomic E-state index is 13.0. The van der Waals surface area contributed by atoms with Crippen molar-refractivity contribution in [3.8, 4) is 5.75 Å². The molecule has 0 aliphatic carbocycles. The van der Waals surface area contributed by atoms with E-state index in [4.69, 9.17) is 15.2 Å². The molecular weight excluding hydrogens is 280 g/mol. The van der Waals surface area contributed by atoms with Gasteiger partial charge in [0.15, 0.2) is 11.6 Å². The summed E-state index contributed by atoms with van der Waals surface area (Å²) in [5.74, 6) is -2.30. The predicted octanol–water partition coefficient (Wildman–Crippen LogP) is 2.91. The molecule has 110 valence electrons. The first-order chi connectivity index (χ1) is 10.0. The van der Waals surface area contributed by atoms with E-state index in [2.05, 4.69) is 0 Å². The van der Waals surface area contributed by atoms with Gasteiger partial charge in [0.25, 0.3) is 0 Å². The van der Waals surface area contributed by atoms with Gasteiger partial charge >= 0.3 is 5.97 Å². The molecule has 0 amide bonds. The van der Waals surface area contributed by atoms with Gasteiger partial charge in [-0.05, 0) is 35.9 Å². The van der Waals surface area contributed by atoms with Crippen molar-refractivity contribution in [3.63, 3.8) is 0 Å². The zero-order chi connectivity index (χ0) is 15.4. The lowest BCUT2D eigenvalue weighted by Gasteiger charge is -2.09. The molecule has 0 radical (unpaired) electrons. The number of nitrogen functional groups attached to an aromatic ring is 1. The van der Waals surface area contributed by atoms with Crippen LogP contribution in [0.4, 0.5) is 14.5 Å². The number of anilines is 1. The summed E-state index contributed by atoms with van der Waals surface area (Å²) in [6.45, 7) is -0.187. The highest BCUT2D eigenvalue weighted by Gasteiger charge is 2.14. The fraction of sp³-hybridized carbons (Fsp3) is 0.133. The third-order valence-electron chi connectivity index (χ3n) is 2.80. The van der Waals surface area contributed by atoms with Gasteiger partial charge in [-0.25, -0.2) is 13.6 Å². The second-order valence-electron chi connectivity index (χ2n) is 4.28. The maximum atomic E-state index is 13.0. The van der Waals surface area contributed by atoms with E-state index in [-0.39, 0.29) is 12.2 Å². The van der Waals surface area contributed by atoms with Gasteiger partial charge in [0, 0.05) is 5.69 Å². The Hall–Kier alpha value is -2.63. The fourth-order valence-electron chi connectivity index (χ4n) is 1.74. The molecule has 0 spiro atoms. The van der Waals surface area contributed by atoms with Gasteiger partial charge in [-0.1, -0.05) is 6.07 Å². The number of ether oxygens (including phenoxy) is 2. The number of carbonyl (C=O) groups is 1. The quantitative estimate of drug-likeness (QED) is 0.695. The van der Waals surface area contributed by atoms with Crippen molar-refractivity contribution in [3.05, 3.63) is 59.2 Å². The average molecular weight is 293 g/mol. The lowest BCUT2D eigenvalue weighted by Crippen LogP contribution is -2.08. The van der Waals surface area contributed by atoms with Crippen LogP contribution in [0.2, 0.25) is 0 Å². The van der Waals surface area contributed by atoms with E-state index in [0.717, 1.165) is 12.1 Å². The predicted molar refractivity (Wildman–Crippen MR) is 72.9 cm³/mol. The van der Waals surface area contributed by atoms with E-state index >= 15 is 0 Å². The Bertz CT molecular complexity index is 674. The molecule has 0 aromatic heterocycles. The van der Waals surface area contributed by atoms with Crippen molar-refractivity contribution < 1.29 is 23.0 Å². The molecular formula is C15H13F2NO3. The first kappa shape index (κ1) is 14.8. The molecule has 21 heavy (non-hydrogen) atoms. The molecule has 0 atom stereocenters. The van der Waals surface area contributed by atoms with Gasteiger partial charge in [0.2, 0.25) is 0 Å². The van der Waals surface area contributed by atoms with Crippen LogP contribution >= 0.6 is 0 Å². The Balaban J connectivity index is 2.11. The summed E-state index contributed by atoms with van der Waals surface area (Å²) in [6.07, 6.45) is 0. The molecule has 0 saturated carbocycles. The van der Waals surface area contributed by atoms with Gasteiger partial charge in [-0.2, -0.15) is 0 Å². The van der Waals surface area contributed by atoms with Gasteiger partial charge in [-0.3, -0.25) is 0 Å². The summed E-state index contributed by atoms with van der Waals surface area (Å²) in [5, 5.41) is 0. The Morgan fingerprint density at radius 1 is 1.14 bits per heavy atom. The van der Waals surface area contributed by atoms with Crippen LogP contribution in [0, 0.1) is 11.6 Å². The van der Waals surface area contributed by atoms with Crippen LogP contribution in [0.3, 0.4) is 0 Å². The molecule has 0 saturated heterocycles. The van der Waals surface area contributed by atoms with Crippen LogP contribution in [-0.2, 0) is 11.3 Å². The molecule has 2 rings (SSSR count). The minimum Gasteiger partial charge on any atom is -0.496 e. The minimum absolute atomic E-state index is 0.167. The molecule has 0 aliphatic heterocycles. The van der Waals surface area contributed by atoms with Crippen LogP contribution in [0.5, 0.6) is 5.75 Å². The van der Waals surface area contributed by atoms with E-state index in [0.29, 0.717) is 17.0 Å². The number of halogens is 2. The molecule has 0 fully saturated rings. The Morgan fingerprint density at radius 3 is 2.57 bits per heavy atom. The summed E-state index contributed by atoms with van der Waals surface area (Å²) in [6, 6.07) is 7.84. The Labute approximate surface area is 120 Å². The monoisotopic (exact) mass is 293 g/mol. The van der Waals surface area contributed by atoms with Gasteiger partial charge in [-0.15, -0.1) is 0 Å². The number of hydrogen-bond donors (Lipinski definition) is 1. The second-order valence-corrected chi connectivity index (χ2v) is 4.28. The molecule has 4 nitrogen and oxygen atoms in total. The third kappa shape index (κ3) is 3.47. The van der Waals surface area contributed by atoms with Crippen LogP contribution in [0.15, 0.2) is 36.4 Å². The summed E-state index contributed by atoms with van der Waals surface area (Å²) in [7, 11) is 1.41. The number of benzene rings is 2. The second kappa shape index (κ2) is 6.21. The van der Waals surface area contributed by atoms with Crippen LogP contribution in [0.1, 0.15) is 15.9 Å². The smallest absolute Gasteiger partial charge is 0.342 e. The molecule has 0 aliphatic rings. The Kier molecular flexibility index (Phi) is 4.37. The number of hydrogen-bond acceptors (Lipinski definition) is 4. The third-order valence-corrected chi connectivity index (χ3v) is 2.80. The highest BCUT2D eigenvalue weighted by Crippen LogP contribution is 2.22. The molecule has 2 aromatic carbocycles. The average Bonchev–Trinajstić information content (AvgIpc) is 2.48. The lowest BCUT2D eigenvalue weighted by molar-refractivity contribution is 0.0468. The largest absolute Gasteiger partial charge is 0.496 e. The summed E-state index contributed by atoms with van der Waals surface area (Å²) in [4.78, 5) is 12.0. The molecule has 0 heterocycles. The van der Waals surface area contributed by atoms with Crippen molar-refractivity contribution in [1.82, 2.24) is 0 Å². The first-order valence-corrected chi connectivity index (χ1v) is 6.06. The van der Waals surface area contributed by atoms with E-state index in [1.54, 1.807) is 12.1 Å². The molecule has 2 aromatic rings. The summed E-state index contributed by atoms with van der Waals surface area (Å²) < 4.78 is 35.9. The van der Waals surface area contributed by atoms with Crippen molar-refractivity contribution in [2.24, 2.45) is 0 Å². The SMILES string of the molecule is COc1ccc(N)cc1C(=O)OCc1ccc(F)c(F)c1. The zero-order valence-corrected chi connectivity index (χ0v) is 11.2. The number of nitrogens with two attached hydrogens (primary N) is 1. The van der Waals surface area contributed by atoms with Gasteiger partial charge < -0.3 is 15.2 Å². The standard InChI is InChI=1S/C15H13F2NO3/c1-20-14-5-3-10(18)7-11(14)15(19)21-8-9-2-4-12(16)13(17)6-9/h2-7H,8,18H2,1H3. The fourth-order valence-corrected chi connectivity index (χ4v) is 1.74. The summed E-state index contributed by atoms with van der Waals surface area (Å²) in [5.41, 5.74) is 6.50. The van der Waals surface area contributed by atoms with Crippen molar-refractivity contribution >= 4 is 11.7 Å². The number of rotatable bonds is 4. The maximum Gasteiger partial charge on any atom is 0.342 e. The zero-order valence-electron chi connectivity index (χ0n) is 11.2. The van der Waals surface area contributed by atoms with Gasteiger partial charge in [0.1, 0.15) is 17.9 Å². The van der Waals surface area contributed by atoms with E-state index in [1.165, 1.54) is 19.2 Å². The molecule has 6 heteroatoms. The topological polar surface area (TPSA) is 61.5 Å². The molecule has 2 N–H and O–H groups in total. The van der Waals surface area contributed by atoms with Crippen molar-refractivity contribution in [1.29, 1.82) is 0 Å². The lowest BCUT2D eigenvalue weighted by atomic mass is 10.2. The van der Waals surface area contributed by atoms with E-state index in [1.807, 2.05) is 0 Å². The number of esters is 1. The minimum atomic E-state index is -0.995.